The number of unbranched alkanes of at least 4 members (excludes halogenated alkanes) is 3. The Morgan fingerprint density at radius 1 is 0.667 bits per heavy atom. The van der Waals surface area contributed by atoms with E-state index in [4.69, 9.17) is 0 Å². The van der Waals surface area contributed by atoms with Crippen LogP contribution in [0.1, 0.15) is 97.6 Å². The van der Waals surface area contributed by atoms with Gasteiger partial charge in [-0.2, -0.15) is 0 Å². The minimum absolute atomic E-state index is 0.414. The summed E-state index contributed by atoms with van der Waals surface area (Å²) in [6, 6.07) is 6.30. The standard InChI is InChI=1S/C23H40O/c1-22(2,3)17-10-7-8-13-19-15-12-16-20(21(19)24)14-9-11-18-23(4,5)6/h12,15-16,24H,7-11,13-14,17-18H2,1-6H3. The van der Waals surface area contributed by atoms with E-state index in [0.29, 0.717) is 16.6 Å². The maximum atomic E-state index is 10.5. The number of aryl methyl sites for hydroxylation is 2. The Bertz CT molecular complexity index is 474. The molecule has 0 saturated heterocycles. The van der Waals surface area contributed by atoms with Crippen molar-refractivity contribution in [1.82, 2.24) is 0 Å². The van der Waals surface area contributed by atoms with E-state index >= 15 is 0 Å². The van der Waals surface area contributed by atoms with Gasteiger partial charge in [-0.1, -0.05) is 79.0 Å². The zero-order valence-corrected chi connectivity index (χ0v) is 17.0. The molecule has 0 aromatic heterocycles. The molecule has 0 radical (unpaired) electrons. The largest absolute Gasteiger partial charge is 0.507 e. The molecule has 0 aliphatic heterocycles. The van der Waals surface area contributed by atoms with Gasteiger partial charge in [0, 0.05) is 0 Å². The number of phenolic OH excluding ortho intramolecular Hbond substituents is 1. The molecular formula is C23H40O. The van der Waals surface area contributed by atoms with E-state index in [9.17, 15) is 5.11 Å². The summed E-state index contributed by atoms with van der Waals surface area (Å²) < 4.78 is 0. The molecule has 0 bridgehead atoms. The molecule has 0 aliphatic rings. The van der Waals surface area contributed by atoms with Crippen LogP contribution >= 0.6 is 0 Å². The van der Waals surface area contributed by atoms with Gasteiger partial charge in [-0.3, -0.25) is 0 Å². The van der Waals surface area contributed by atoms with Gasteiger partial charge in [-0.25, -0.2) is 0 Å². The molecular weight excluding hydrogens is 292 g/mol. The number of rotatable bonds is 9. The van der Waals surface area contributed by atoms with Crippen LogP contribution in [0, 0.1) is 10.8 Å². The molecule has 1 aromatic rings. The van der Waals surface area contributed by atoms with E-state index in [1.807, 2.05) is 0 Å². The highest BCUT2D eigenvalue weighted by Gasteiger charge is 2.11. The second kappa shape index (κ2) is 9.49. The van der Waals surface area contributed by atoms with Crippen LogP contribution in [-0.2, 0) is 12.8 Å². The molecule has 1 aromatic carbocycles. The first-order valence-electron chi connectivity index (χ1n) is 9.88. The van der Waals surface area contributed by atoms with Crippen molar-refractivity contribution in [2.75, 3.05) is 0 Å². The lowest BCUT2D eigenvalue weighted by atomic mass is 9.88. The number of hydrogen-bond acceptors (Lipinski definition) is 1. The van der Waals surface area contributed by atoms with E-state index in [1.54, 1.807) is 0 Å². The first-order valence-corrected chi connectivity index (χ1v) is 9.88. The van der Waals surface area contributed by atoms with E-state index in [2.05, 4.69) is 59.7 Å². The third-order valence-corrected chi connectivity index (χ3v) is 4.70. The van der Waals surface area contributed by atoms with Crippen LogP contribution in [0.2, 0.25) is 0 Å². The van der Waals surface area contributed by atoms with Crippen molar-refractivity contribution in [3.05, 3.63) is 29.3 Å². The normalized spacial score (nSPS) is 12.6. The van der Waals surface area contributed by atoms with Gasteiger partial charge in [0.2, 0.25) is 0 Å². The fourth-order valence-corrected chi connectivity index (χ4v) is 3.17. The molecule has 0 unspecified atom stereocenters. The van der Waals surface area contributed by atoms with Crippen LogP contribution in [-0.4, -0.2) is 5.11 Å². The Kier molecular flexibility index (Phi) is 8.33. The van der Waals surface area contributed by atoms with Crippen LogP contribution in [0.25, 0.3) is 0 Å². The molecule has 0 atom stereocenters. The number of para-hydroxylation sites is 1. The summed E-state index contributed by atoms with van der Waals surface area (Å²) in [5.41, 5.74) is 3.13. The van der Waals surface area contributed by atoms with Crippen molar-refractivity contribution >= 4 is 0 Å². The highest BCUT2D eigenvalue weighted by Crippen LogP contribution is 2.28. The van der Waals surface area contributed by atoms with E-state index < -0.39 is 0 Å². The van der Waals surface area contributed by atoms with Crippen LogP contribution in [0.3, 0.4) is 0 Å². The highest BCUT2D eigenvalue weighted by atomic mass is 16.3. The number of phenols is 1. The van der Waals surface area contributed by atoms with Gasteiger partial charge in [0.1, 0.15) is 5.75 Å². The molecule has 0 aliphatic carbocycles. The smallest absolute Gasteiger partial charge is 0.121 e. The number of hydrogen-bond donors (Lipinski definition) is 1. The van der Waals surface area contributed by atoms with Crippen molar-refractivity contribution in [1.29, 1.82) is 0 Å². The highest BCUT2D eigenvalue weighted by molar-refractivity contribution is 5.40. The van der Waals surface area contributed by atoms with Gasteiger partial charge in [0.05, 0.1) is 0 Å². The molecule has 1 rings (SSSR count). The minimum atomic E-state index is 0.414. The molecule has 138 valence electrons. The molecule has 0 amide bonds. The molecule has 0 spiro atoms. The SMILES string of the molecule is CC(C)(C)CCCCCc1cccc(CCCCC(C)(C)C)c1O. The monoisotopic (exact) mass is 332 g/mol. The summed E-state index contributed by atoms with van der Waals surface area (Å²) in [4.78, 5) is 0. The zero-order valence-electron chi connectivity index (χ0n) is 17.0. The fraction of sp³-hybridized carbons (Fsp3) is 0.739. The maximum Gasteiger partial charge on any atom is 0.121 e. The van der Waals surface area contributed by atoms with Crippen molar-refractivity contribution in [3.8, 4) is 5.75 Å². The lowest BCUT2D eigenvalue weighted by Gasteiger charge is -2.18. The lowest BCUT2D eigenvalue weighted by Crippen LogP contribution is -2.04. The molecule has 24 heavy (non-hydrogen) atoms. The predicted octanol–water partition coefficient (Wildman–Crippen LogP) is 7.30. The predicted molar refractivity (Wildman–Crippen MR) is 107 cm³/mol. The van der Waals surface area contributed by atoms with Crippen molar-refractivity contribution in [2.24, 2.45) is 10.8 Å². The summed E-state index contributed by atoms with van der Waals surface area (Å²) in [6.45, 7) is 13.8. The molecule has 0 fully saturated rings. The van der Waals surface area contributed by atoms with Crippen molar-refractivity contribution in [2.45, 2.75) is 99.3 Å². The first-order chi connectivity index (χ1) is 11.1. The Labute approximate surface area is 150 Å². The van der Waals surface area contributed by atoms with Crippen LogP contribution in [0.4, 0.5) is 0 Å². The first kappa shape index (κ1) is 21.1. The van der Waals surface area contributed by atoms with Gasteiger partial charge in [-0.05, 0) is 60.5 Å². The second-order valence-corrected chi connectivity index (χ2v) is 9.81. The van der Waals surface area contributed by atoms with Crippen molar-refractivity contribution in [3.63, 3.8) is 0 Å². The number of benzene rings is 1. The lowest BCUT2D eigenvalue weighted by molar-refractivity contribution is 0.357. The molecule has 1 heteroatoms. The second-order valence-electron chi connectivity index (χ2n) is 9.81. The maximum absolute atomic E-state index is 10.5. The fourth-order valence-electron chi connectivity index (χ4n) is 3.17. The summed E-state index contributed by atoms with van der Waals surface area (Å²) in [5.74, 6) is 0.559. The Balaban J connectivity index is 2.39. The Morgan fingerprint density at radius 2 is 1.08 bits per heavy atom. The molecule has 0 heterocycles. The zero-order chi connectivity index (χ0) is 18.2. The average Bonchev–Trinajstić information content (AvgIpc) is 2.44. The van der Waals surface area contributed by atoms with E-state index in [0.717, 1.165) is 24.0 Å². The van der Waals surface area contributed by atoms with Gasteiger partial charge < -0.3 is 5.11 Å². The average molecular weight is 333 g/mol. The van der Waals surface area contributed by atoms with Crippen LogP contribution in [0.15, 0.2) is 18.2 Å². The molecule has 1 nitrogen and oxygen atoms in total. The number of aromatic hydroxyl groups is 1. The Hall–Kier alpha value is -0.980. The summed E-state index contributed by atoms with van der Waals surface area (Å²) in [6.07, 6.45) is 10.7. The van der Waals surface area contributed by atoms with Crippen LogP contribution < -0.4 is 0 Å². The van der Waals surface area contributed by atoms with Crippen molar-refractivity contribution < 1.29 is 5.11 Å². The minimum Gasteiger partial charge on any atom is -0.507 e. The third-order valence-electron chi connectivity index (χ3n) is 4.70. The van der Waals surface area contributed by atoms with Gasteiger partial charge >= 0.3 is 0 Å². The van der Waals surface area contributed by atoms with Crippen LogP contribution in [0.5, 0.6) is 5.75 Å². The summed E-state index contributed by atoms with van der Waals surface area (Å²) >= 11 is 0. The molecule has 1 N–H and O–H groups in total. The topological polar surface area (TPSA) is 20.2 Å². The summed E-state index contributed by atoms with van der Waals surface area (Å²) in [5, 5.41) is 10.5. The Morgan fingerprint density at radius 3 is 1.54 bits per heavy atom. The van der Waals surface area contributed by atoms with E-state index in [-0.39, 0.29) is 0 Å². The van der Waals surface area contributed by atoms with Gasteiger partial charge in [0.15, 0.2) is 0 Å². The van der Waals surface area contributed by atoms with Gasteiger partial charge in [-0.15, -0.1) is 0 Å². The third kappa shape index (κ3) is 9.35. The molecule has 0 saturated carbocycles. The van der Waals surface area contributed by atoms with Gasteiger partial charge in [0.25, 0.3) is 0 Å². The quantitative estimate of drug-likeness (QED) is 0.470. The van der Waals surface area contributed by atoms with E-state index in [1.165, 1.54) is 44.9 Å². The summed E-state index contributed by atoms with van der Waals surface area (Å²) in [7, 11) is 0.